The number of carbonyl (C=O) groups is 1. The molecule has 19 heavy (non-hydrogen) atoms. The zero-order chi connectivity index (χ0) is 12.8. The summed E-state index contributed by atoms with van der Waals surface area (Å²) < 4.78 is 7.06. The van der Waals surface area contributed by atoms with Crippen LogP contribution in [-0.2, 0) is 6.42 Å². The van der Waals surface area contributed by atoms with E-state index in [1.807, 2.05) is 12.1 Å². The van der Waals surface area contributed by atoms with Gasteiger partial charge in [-0.25, -0.2) is 9.50 Å². The molecule has 0 bridgehead atoms. The minimum Gasteiger partial charge on any atom is -0.469 e. The van der Waals surface area contributed by atoms with Crippen molar-refractivity contribution < 1.29 is 9.21 Å². The first-order valence-electron chi connectivity index (χ1n) is 6.07. The minimum atomic E-state index is 0.0600. The standard InChI is InChI=1S/C13H10N4O2/c18-11-5-8(12-2-1-3-19-12)4-10-9(11)6-14-13-15-7-16-17(10)13/h1-3,6-8H,4-5H2/t8-/m0/s1. The zero-order valence-corrected chi connectivity index (χ0v) is 9.98. The Kier molecular flexibility index (Phi) is 2.05. The maximum Gasteiger partial charge on any atom is 0.252 e. The lowest BCUT2D eigenvalue weighted by Gasteiger charge is -2.21. The molecule has 1 aliphatic carbocycles. The third kappa shape index (κ3) is 1.49. The van der Waals surface area contributed by atoms with E-state index in [-0.39, 0.29) is 11.7 Å². The SMILES string of the molecule is O=C1C[C@@H](c2ccco2)Cc2c1cnc1ncnn21. The second-order valence-corrected chi connectivity index (χ2v) is 4.63. The molecule has 0 aliphatic heterocycles. The number of hydrogen-bond acceptors (Lipinski definition) is 5. The van der Waals surface area contributed by atoms with Crippen LogP contribution >= 0.6 is 0 Å². The van der Waals surface area contributed by atoms with E-state index in [4.69, 9.17) is 4.42 Å². The van der Waals surface area contributed by atoms with Gasteiger partial charge in [-0.1, -0.05) is 0 Å². The Bertz CT molecular complexity index is 760. The first-order valence-corrected chi connectivity index (χ1v) is 6.07. The van der Waals surface area contributed by atoms with Crippen molar-refractivity contribution in [2.24, 2.45) is 0 Å². The smallest absolute Gasteiger partial charge is 0.252 e. The zero-order valence-electron chi connectivity index (χ0n) is 9.98. The second-order valence-electron chi connectivity index (χ2n) is 4.63. The molecule has 1 atom stereocenters. The lowest BCUT2D eigenvalue weighted by molar-refractivity contribution is 0.0958. The predicted octanol–water partition coefficient (Wildman–Crippen LogP) is 1.63. The molecule has 6 nitrogen and oxygen atoms in total. The summed E-state index contributed by atoms with van der Waals surface area (Å²) in [5, 5.41) is 4.14. The van der Waals surface area contributed by atoms with Crippen LogP contribution in [-0.4, -0.2) is 25.4 Å². The monoisotopic (exact) mass is 254 g/mol. The van der Waals surface area contributed by atoms with Crippen LogP contribution in [0.15, 0.2) is 35.3 Å². The van der Waals surface area contributed by atoms with Crippen LogP contribution < -0.4 is 0 Å². The predicted molar refractivity (Wildman–Crippen MR) is 64.9 cm³/mol. The Labute approximate surface area is 108 Å². The Balaban J connectivity index is 1.88. The van der Waals surface area contributed by atoms with Crippen LogP contribution in [0.2, 0.25) is 0 Å². The van der Waals surface area contributed by atoms with Crippen molar-refractivity contribution in [3.8, 4) is 0 Å². The summed E-state index contributed by atoms with van der Waals surface area (Å²) >= 11 is 0. The molecule has 3 aromatic heterocycles. The minimum absolute atomic E-state index is 0.0600. The molecule has 0 spiro atoms. The van der Waals surface area contributed by atoms with Gasteiger partial charge in [0, 0.05) is 25.0 Å². The average Bonchev–Trinajstić information content (AvgIpc) is 3.09. The number of Topliss-reactive ketones (excluding diaryl/α,β-unsaturated/α-hetero) is 1. The van der Waals surface area contributed by atoms with Gasteiger partial charge in [-0.05, 0) is 12.1 Å². The number of hydrogen-bond donors (Lipinski definition) is 0. The largest absolute Gasteiger partial charge is 0.469 e. The molecule has 1 aliphatic rings. The van der Waals surface area contributed by atoms with Crippen LogP contribution in [0, 0.1) is 0 Å². The van der Waals surface area contributed by atoms with Gasteiger partial charge in [0.15, 0.2) is 5.78 Å². The van der Waals surface area contributed by atoms with Crippen LogP contribution in [0.25, 0.3) is 5.78 Å². The molecule has 0 aromatic carbocycles. The number of rotatable bonds is 1. The van der Waals surface area contributed by atoms with E-state index in [0.29, 0.717) is 24.2 Å². The molecular formula is C13H10N4O2. The van der Waals surface area contributed by atoms with E-state index >= 15 is 0 Å². The normalized spacial score (nSPS) is 18.7. The topological polar surface area (TPSA) is 73.3 Å². The Hall–Kier alpha value is -2.50. The fourth-order valence-corrected chi connectivity index (χ4v) is 2.62. The molecule has 0 saturated heterocycles. The Morgan fingerprint density at radius 3 is 3.11 bits per heavy atom. The maximum absolute atomic E-state index is 12.2. The summed E-state index contributed by atoms with van der Waals surface area (Å²) in [6.45, 7) is 0. The molecule has 4 rings (SSSR count). The lowest BCUT2D eigenvalue weighted by atomic mass is 9.85. The Morgan fingerprint density at radius 2 is 2.26 bits per heavy atom. The van der Waals surface area contributed by atoms with E-state index in [0.717, 1.165) is 11.5 Å². The van der Waals surface area contributed by atoms with E-state index < -0.39 is 0 Å². The van der Waals surface area contributed by atoms with Gasteiger partial charge in [0.25, 0.3) is 5.78 Å². The first-order chi connectivity index (χ1) is 9.33. The van der Waals surface area contributed by atoms with Crippen LogP contribution in [0.5, 0.6) is 0 Å². The van der Waals surface area contributed by atoms with Gasteiger partial charge in [-0.2, -0.15) is 10.1 Å². The molecule has 0 fully saturated rings. The van der Waals surface area contributed by atoms with Gasteiger partial charge in [-0.3, -0.25) is 4.79 Å². The quantitative estimate of drug-likeness (QED) is 0.660. The number of fused-ring (bicyclic) bond motifs is 3. The number of furan rings is 1. The van der Waals surface area contributed by atoms with Crippen molar-refractivity contribution in [3.05, 3.63) is 47.9 Å². The number of nitrogens with zero attached hydrogens (tertiary/aromatic N) is 4. The molecule has 0 saturated carbocycles. The molecule has 0 N–H and O–H groups in total. The summed E-state index contributed by atoms with van der Waals surface area (Å²) in [5.41, 5.74) is 1.50. The van der Waals surface area contributed by atoms with E-state index in [1.54, 1.807) is 17.0 Å². The van der Waals surface area contributed by atoms with Crippen LogP contribution in [0.4, 0.5) is 0 Å². The van der Waals surface area contributed by atoms with Crippen molar-refractivity contribution in [1.82, 2.24) is 19.6 Å². The Morgan fingerprint density at radius 1 is 1.32 bits per heavy atom. The second kappa shape index (κ2) is 3.74. The fourth-order valence-electron chi connectivity index (χ4n) is 2.62. The summed E-state index contributed by atoms with van der Waals surface area (Å²) in [6, 6.07) is 3.75. The molecule has 94 valence electrons. The van der Waals surface area contributed by atoms with E-state index in [1.165, 1.54) is 6.33 Å². The molecule has 0 unspecified atom stereocenters. The van der Waals surface area contributed by atoms with Crippen molar-refractivity contribution in [3.63, 3.8) is 0 Å². The highest BCUT2D eigenvalue weighted by atomic mass is 16.3. The van der Waals surface area contributed by atoms with E-state index in [9.17, 15) is 4.79 Å². The van der Waals surface area contributed by atoms with Crippen molar-refractivity contribution in [2.75, 3.05) is 0 Å². The molecule has 3 aromatic rings. The van der Waals surface area contributed by atoms with Gasteiger partial charge in [0.05, 0.1) is 17.5 Å². The third-order valence-electron chi connectivity index (χ3n) is 3.52. The molecule has 0 amide bonds. The summed E-state index contributed by atoms with van der Waals surface area (Å²) in [7, 11) is 0. The summed E-state index contributed by atoms with van der Waals surface area (Å²) in [5.74, 6) is 1.49. The van der Waals surface area contributed by atoms with Crippen LogP contribution in [0.1, 0.15) is 34.2 Å². The highest BCUT2D eigenvalue weighted by molar-refractivity contribution is 5.98. The first kappa shape index (κ1) is 10.4. The lowest BCUT2D eigenvalue weighted by Crippen LogP contribution is -2.22. The molecule has 3 heterocycles. The van der Waals surface area contributed by atoms with Crippen LogP contribution in [0.3, 0.4) is 0 Å². The van der Waals surface area contributed by atoms with Gasteiger partial charge in [-0.15, -0.1) is 0 Å². The number of aromatic nitrogens is 4. The maximum atomic E-state index is 12.2. The van der Waals surface area contributed by atoms with Crippen molar-refractivity contribution >= 4 is 11.6 Å². The van der Waals surface area contributed by atoms with Crippen molar-refractivity contribution in [1.29, 1.82) is 0 Å². The molecular weight excluding hydrogens is 244 g/mol. The van der Waals surface area contributed by atoms with Gasteiger partial charge < -0.3 is 4.42 Å². The average molecular weight is 254 g/mol. The number of carbonyl (C=O) groups excluding carboxylic acids is 1. The molecule has 6 heteroatoms. The van der Waals surface area contributed by atoms with Crippen molar-refractivity contribution in [2.45, 2.75) is 18.8 Å². The number of ketones is 1. The van der Waals surface area contributed by atoms with Gasteiger partial charge in [0.1, 0.15) is 12.1 Å². The highest BCUT2D eigenvalue weighted by Gasteiger charge is 2.30. The van der Waals surface area contributed by atoms with E-state index in [2.05, 4.69) is 15.1 Å². The fraction of sp³-hybridized carbons (Fsp3) is 0.231. The summed E-state index contributed by atoms with van der Waals surface area (Å²) in [6.07, 6.45) is 5.83. The van der Waals surface area contributed by atoms with Gasteiger partial charge in [0.2, 0.25) is 0 Å². The molecule has 0 radical (unpaired) electrons. The summed E-state index contributed by atoms with van der Waals surface area (Å²) in [4.78, 5) is 20.4. The third-order valence-corrected chi connectivity index (χ3v) is 3.52. The van der Waals surface area contributed by atoms with Gasteiger partial charge >= 0.3 is 0 Å². The highest BCUT2D eigenvalue weighted by Crippen LogP contribution is 2.32.